The number of aryl methyl sites for hydroxylation is 1. The maximum absolute atomic E-state index is 10.8. The average Bonchev–Trinajstić information content (AvgIpc) is 2.56. The molecule has 0 radical (unpaired) electrons. The summed E-state index contributed by atoms with van der Waals surface area (Å²) in [6.45, 7) is 6.04. The van der Waals surface area contributed by atoms with Crippen molar-refractivity contribution in [2.45, 2.75) is 45.6 Å². The number of hydrogen-bond donors (Lipinski definition) is 2. The minimum absolute atomic E-state index is 0.142. The zero-order chi connectivity index (χ0) is 13.4. The molecule has 0 bridgehead atoms. The van der Waals surface area contributed by atoms with Crippen molar-refractivity contribution in [1.82, 2.24) is 0 Å². The van der Waals surface area contributed by atoms with Crippen LogP contribution in [0.2, 0.25) is 0 Å². The van der Waals surface area contributed by atoms with Gasteiger partial charge in [-0.25, -0.2) is 0 Å². The smallest absolute Gasteiger partial charge is 0.0958 e. The predicted molar refractivity (Wildman–Crippen MR) is 73.4 cm³/mol. The van der Waals surface area contributed by atoms with Gasteiger partial charge in [0.1, 0.15) is 0 Å². The molecule has 1 saturated carbocycles. The molecule has 1 aromatic carbocycles. The van der Waals surface area contributed by atoms with Gasteiger partial charge in [-0.05, 0) is 43.1 Å². The Morgan fingerprint density at radius 2 is 1.83 bits per heavy atom. The summed E-state index contributed by atoms with van der Waals surface area (Å²) in [6.07, 6.45) is 2.80. The van der Waals surface area contributed by atoms with E-state index < -0.39 is 5.60 Å². The lowest BCUT2D eigenvalue weighted by atomic mass is 9.73. The Balaban J connectivity index is 2.17. The predicted octanol–water partition coefficient (Wildman–Crippen LogP) is 2.70. The summed E-state index contributed by atoms with van der Waals surface area (Å²) < 4.78 is 0. The summed E-state index contributed by atoms with van der Waals surface area (Å²) in [5, 5.41) is 20.4. The molecular formula is C16H24O2. The lowest BCUT2D eigenvalue weighted by Crippen LogP contribution is -2.49. The van der Waals surface area contributed by atoms with Crippen LogP contribution in [0.4, 0.5) is 0 Å². The molecule has 2 N–H and O–H groups in total. The first-order chi connectivity index (χ1) is 8.39. The van der Waals surface area contributed by atoms with Crippen LogP contribution in [0.15, 0.2) is 24.3 Å². The van der Waals surface area contributed by atoms with Crippen LogP contribution < -0.4 is 0 Å². The molecule has 1 unspecified atom stereocenters. The summed E-state index contributed by atoms with van der Waals surface area (Å²) in [6, 6.07) is 8.46. The highest BCUT2D eigenvalue weighted by Gasteiger charge is 2.53. The number of rotatable bonds is 3. The minimum Gasteiger partial charge on any atom is -0.393 e. The maximum atomic E-state index is 10.8. The first-order valence-electron chi connectivity index (χ1n) is 6.78. The highest BCUT2D eigenvalue weighted by molar-refractivity contribution is 5.23. The standard InChI is InChI=1S/C16H24O2/c1-12-4-6-13(7-5-12)10-14-8-9-15(2,3)16(14,18)11-17/h4-7,14,17-18H,8-11H2,1-3H3/t14?,16-/m0/s1. The molecule has 2 rings (SSSR count). The Morgan fingerprint density at radius 3 is 2.39 bits per heavy atom. The van der Waals surface area contributed by atoms with Gasteiger partial charge in [-0.15, -0.1) is 0 Å². The molecule has 1 aliphatic rings. The van der Waals surface area contributed by atoms with Crippen molar-refractivity contribution in [1.29, 1.82) is 0 Å². The van der Waals surface area contributed by atoms with Crippen molar-refractivity contribution < 1.29 is 10.2 Å². The third kappa shape index (κ3) is 2.19. The molecule has 1 fully saturated rings. The highest BCUT2D eigenvalue weighted by atomic mass is 16.3. The zero-order valence-corrected chi connectivity index (χ0v) is 11.6. The second kappa shape index (κ2) is 4.67. The molecule has 0 aromatic heterocycles. The second-order valence-electron chi connectivity index (χ2n) is 6.39. The van der Waals surface area contributed by atoms with Crippen LogP contribution in [0.3, 0.4) is 0 Å². The van der Waals surface area contributed by atoms with Crippen LogP contribution >= 0.6 is 0 Å². The van der Waals surface area contributed by atoms with E-state index in [2.05, 4.69) is 45.0 Å². The Kier molecular flexibility index (Phi) is 3.52. The van der Waals surface area contributed by atoms with Crippen molar-refractivity contribution in [2.75, 3.05) is 6.61 Å². The summed E-state index contributed by atoms with van der Waals surface area (Å²) in [4.78, 5) is 0. The van der Waals surface area contributed by atoms with Crippen LogP contribution in [-0.2, 0) is 6.42 Å². The van der Waals surface area contributed by atoms with Gasteiger partial charge >= 0.3 is 0 Å². The molecule has 0 heterocycles. The molecule has 100 valence electrons. The fraction of sp³-hybridized carbons (Fsp3) is 0.625. The molecule has 1 aromatic rings. The van der Waals surface area contributed by atoms with Gasteiger partial charge in [-0.2, -0.15) is 0 Å². The van der Waals surface area contributed by atoms with E-state index >= 15 is 0 Å². The molecule has 1 aliphatic carbocycles. The first-order valence-corrected chi connectivity index (χ1v) is 6.78. The van der Waals surface area contributed by atoms with E-state index in [4.69, 9.17) is 0 Å². The van der Waals surface area contributed by atoms with Gasteiger partial charge < -0.3 is 10.2 Å². The lowest BCUT2D eigenvalue weighted by Gasteiger charge is -2.39. The minimum atomic E-state index is -0.947. The molecule has 0 saturated heterocycles. The molecule has 18 heavy (non-hydrogen) atoms. The fourth-order valence-electron chi connectivity index (χ4n) is 3.17. The van der Waals surface area contributed by atoms with E-state index in [1.807, 2.05) is 0 Å². The fourth-order valence-corrected chi connectivity index (χ4v) is 3.17. The molecule has 0 spiro atoms. The van der Waals surface area contributed by atoms with Crippen molar-refractivity contribution in [3.05, 3.63) is 35.4 Å². The molecule has 2 nitrogen and oxygen atoms in total. The molecule has 0 aliphatic heterocycles. The number of aliphatic hydroxyl groups is 2. The first kappa shape index (κ1) is 13.6. The van der Waals surface area contributed by atoms with Crippen LogP contribution in [-0.4, -0.2) is 22.4 Å². The third-order valence-corrected chi connectivity index (χ3v) is 4.81. The maximum Gasteiger partial charge on any atom is 0.0958 e. The van der Waals surface area contributed by atoms with Gasteiger partial charge in [0, 0.05) is 0 Å². The van der Waals surface area contributed by atoms with Crippen LogP contribution in [0, 0.1) is 18.3 Å². The van der Waals surface area contributed by atoms with Crippen LogP contribution in [0.1, 0.15) is 37.8 Å². The monoisotopic (exact) mass is 248 g/mol. The van der Waals surface area contributed by atoms with Gasteiger partial charge in [-0.1, -0.05) is 43.7 Å². The summed E-state index contributed by atoms with van der Waals surface area (Å²) in [5.41, 5.74) is 1.35. The molecular weight excluding hydrogens is 224 g/mol. The molecule has 0 amide bonds. The topological polar surface area (TPSA) is 40.5 Å². The Hall–Kier alpha value is -0.860. The summed E-state index contributed by atoms with van der Waals surface area (Å²) in [7, 11) is 0. The SMILES string of the molecule is Cc1ccc(CC2CCC(C)(C)[C@]2(O)CO)cc1. The van der Waals surface area contributed by atoms with E-state index in [1.165, 1.54) is 11.1 Å². The van der Waals surface area contributed by atoms with Gasteiger partial charge in [0.05, 0.1) is 12.2 Å². The van der Waals surface area contributed by atoms with E-state index in [-0.39, 0.29) is 17.9 Å². The number of benzene rings is 1. The lowest BCUT2D eigenvalue weighted by molar-refractivity contribution is -0.110. The quantitative estimate of drug-likeness (QED) is 0.863. The zero-order valence-electron chi connectivity index (χ0n) is 11.6. The van der Waals surface area contributed by atoms with Gasteiger partial charge in [0.15, 0.2) is 0 Å². The van der Waals surface area contributed by atoms with Gasteiger partial charge in [0.2, 0.25) is 0 Å². The van der Waals surface area contributed by atoms with Crippen molar-refractivity contribution in [2.24, 2.45) is 11.3 Å². The summed E-state index contributed by atoms with van der Waals surface area (Å²) in [5.74, 6) is 0.153. The second-order valence-corrected chi connectivity index (χ2v) is 6.39. The largest absolute Gasteiger partial charge is 0.393 e. The average molecular weight is 248 g/mol. The van der Waals surface area contributed by atoms with Gasteiger partial charge in [0.25, 0.3) is 0 Å². The van der Waals surface area contributed by atoms with Crippen molar-refractivity contribution in [3.8, 4) is 0 Å². The van der Waals surface area contributed by atoms with E-state index in [0.29, 0.717) is 0 Å². The highest BCUT2D eigenvalue weighted by Crippen LogP contribution is 2.50. The van der Waals surface area contributed by atoms with Crippen molar-refractivity contribution in [3.63, 3.8) is 0 Å². The summed E-state index contributed by atoms with van der Waals surface area (Å²) >= 11 is 0. The van der Waals surface area contributed by atoms with E-state index in [1.54, 1.807) is 0 Å². The Bertz CT molecular complexity index is 408. The van der Waals surface area contributed by atoms with Crippen molar-refractivity contribution >= 4 is 0 Å². The number of hydrogen-bond acceptors (Lipinski definition) is 2. The number of aliphatic hydroxyl groups excluding tert-OH is 1. The van der Waals surface area contributed by atoms with E-state index in [0.717, 1.165) is 19.3 Å². The van der Waals surface area contributed by atoms with Gasteiger partial charge in [-0.3, -0.25) is 0 Å². The third-order valence-electron chi connectivity index (χ3n) is 4.81. The van der Waals surface area contributed by atoms with Crippen LogP contribution in [0.5, 0.6) is 0 Å². The molecule has 2 heteroatoms. The Labute approximate surface area is 110 Å². The Morgan fingerprint density at radius 1 is 1.22 bits per heavy atom. The normalized spacial score (nSPS) is 30.6. The van der Waals surface area contributed by atoms with E-state index in [9.17, 15) is 10.2 Å². The molecule has 2 atom stereocenters. The van der Waals surface area contributed by atoms with Crippen LogP contribution in [0.25, 0.3) is 0 Å².